The van der Waals surface area contributed by atoms with Crippen LogP contribution in [0.4, 0.5) is 11.4 Å². The molecule has 0 atom stereocenters. The van der Waals surface area contributed by atoms with Crippen LogP contribution in [0.15, 0.2) is 18.2 Å². The molecule has 106 valence electrons. The first kappa shape index (κ1) is 14.2. The van der Waals surface area contributed by atoms with Crippen molar-refractivity contribution in [3.8, 4) is 0 Å². The van der Waals surface area contributed by atoms with Gasteiger partial charge in [0.15, 0.2) is 0 Å². The zero-order chi connectivity index (χ0) is 14.0. The topological polar surface area (TPSA) is 15.3 Å². The number of benzene rings is 1. The maximum absolute atomic E-state index is 3.73. The molecule has 0 aliphatic heterocycles. The highest BCUT2D eigenvalue weighted by Crippen LogP contribution is 2.36. The Labute approximate surface area is 118 Å². The maximum Gasteiger partial charge on any atom is 0.0373 e. The summed E-state index contributed by atoms with van der Waals surface area (Å²) in [6.45, 7) is 6.97. The van der Waals surface area contributed by atoms with Crippen molar-refractivity contribution >= 4 is 11.4 Å². The predicted molar refractivity (Wildman–Crippen MR) is 85.2 cm³/mol. The summed E-state index contributed by atoms with van der Waals surface area (Å²) in [6.07, 6.45) is 5.25. The molecule has 2 heteroatoms. The molecule has 19 heavy (non-hydrogen) atoms. The van der Waals surface area contributed by atoms with Crippen LogP contribution < -0.4 is 10.2 Å². The average Bonchev–Trinajstić information content (AvgIpc) is 2.34. The van der Waals surface area contributed by atoms with Gasteiger partial charge in [0.25, 0.3) is 0 Å². The highest BCUT2D eigenvalue weighted by atomic mass is 15.1. The predicted octanol–water partition coefficient (Wildman–Crippen LogP) is 4.44. The highest BCUT2D eigenvalue weighted by molar-refractivity contribution is 5.60. The van der Waals surface area contributed by atoms with Gasteiger partial charge >= 0.3 is 0 Å². The molecule has 1 N–H and O–H groups in total. The normalized spacial score (nSPS) is 19.2. The van der Waals surface area contributed by atoms with E-state index in [-0.39, 0.29) is 0 Å². The summed E-state index contributed by atoms with van der Waals surface area (Å²) in [5.74, 6) is 0. The molecule has 0 bridgehead atoms. The number of anilines is 2. The zero-order valence-electron chi connectivity index (χ0n) is 13.1. The standard InChI is InChI=1S/C17H28N2/c1-13-12-15(19(4)5)6-7-16(13)18-14-8-10-17(2,3)11-9-14/h6-7,12,14,18H,8-11H2,1-5H3. The Hall–Kier alpha value is -1.18. The van der Waals surface area contributed by atoms with Gasteiger partial charge in [0.1, 0.15) is 0 Å². The third kappa shape index (κ3) is 3.65. The van der Waals surface area contributed by atoms with E-state index in [0.717, 1.165) is 0 Å². The lowest BCUT2D eigenvalue weighted by atomic mass is 9.75. The average molecular weight is 260 g/mol. The highest BCUT2D eigenvalue weighted by Gasteiger charge is 2.26. The lowest BCUT2D eigenvalue weighted by molar-refractivity contribution is 0.232. The fraction of sp³-hybridized carbons (Fsp3) is 0.647. The molecule has 2 nitrogen and oxygen atoms in total. The Morgan fingerprint density at radius 3 is 2.32 bits per heavy atom. The van der Waals surface area contributed by atoms with Crippen LogP contribution in [0.1, 0.15) is 45.1 Å². The molecular weight excluding hydrogens is 232 g/mol. The molecule has 1 aromatic rings. The second kappa shape index (κ2) is 5.44. The van der Waals surface area contributed by atoms with E-state index in [4.69, 9.17) is 0 Å². The van der Waals surface area contributed by atoms with Gasteiger partial charge in [-0.1, -0.05) is 13.8 Å². The second-order valence-electron chi connectivity index (χ2n) is 6.98. The summed E-state index contributed by atoms with van der Waals surface area (Å²) in [5.41, 5.74) is 4.46. The number of nitrogens with zero attached hydrogens (tertiary/aromatic N) is 1. The van der Waals surface area contributed by atoms with Crippen LogP contribution in [-0.2, 0) is 0 Å². The molecule has 1 fully saturated rings. The Morgan fingerprint density at radius 2 is 1.79 bits per heavy atom. The summed E-state index contributed by atoms with van der Waals surface area (Å²) in [4.78, 5) is 2.15. The van der Waals surface area contributed by atoms with Gasteiger partial charge in [-0.3, -0.25) is 0 Å². The third-order valence-electron chi connectivity index (χ3n) is 4.43. The Morgan fingerprint density at radius 1 is 1.16 bits per heavy atom. The van der Waals surface area contributed by atoms with E-state index in [0.29, 0.717) is 11.5 Å². The zero-order valence-corrected chi connectivity index (χ0v) is 13.1. The van der Waals surface area contributed by atoms with Crippen molar-refractivity contribution < 1.29 is 0 Å². The molecule has 2 rings (SSSR count). The molecule has 0 radical (unpaired) electrons. The summed E-state index contributed by atoms with van der Waals surface area (Å²) in [5, 5.41) is 3.73. The monoisotopic (exact) mass is 260 g/mol. The first-order valence-electron chi connectivity index (χ1n) is 7.42. The van der Waals surface area contributed by atoms with Gasteiger partial charge in [-0.25, -0.2) is 0 Å². The van der Waals surface area contributed by atoms with Crippen molar-refractivity contribution in [2.75, 3.05) is 24.3 Å². The maximum atomic E-state index is 3.73. The van der Waals surface area contributed by atoms with Gasteiger partial charge in [0.2, 0.25) is 0 Å². The fourth-order valence-electron chi connectivity index (χ4n) is 2.85. The lowest BCUT2D eigenvalue weighted by Gasteiger charge is -2.35. The number of rotatable bonds is 3. The van der Waals surface area contributed by atoms with Crippen LogP contribution in [0.5, 0.6) is 0 Å². The minimum Gasteiger partial charge on any atom is -0.382 e. The minimum absolute atomic E-state index is 0.544. The van der Waals surface area contributed by atoms with E-state index in [9.17, 15) is 0 Å². The molecule has 1 aliphatic rings. The smallest absolute Gasteiger partial charge is 0.0373 e. The molecule has 1 aliphatic carbocycles. The van der Waals surface area contributed by atoms with Crippen LogP contribution in [-0.4, -0.2) is 20.1 Å². The van der Waals surface area contributed by atoms with Crippen LogP contribution in [0.3, 0.4) is 0 Å². The summed E-state index contributed by atoms with van der Waals surface area (Å²) in [7, 11) is 4.18. The molecule has 0 aromatic heterocycles. The van der Waals surface area contributed by atoms with Gasteiger partial charge in [0.05, 0.1) is 0 Å². The first-order chi connectivity index (χ1) is 8.87. The summed E-state index contributed by atoms with van der Waals surface area (Å²) in [6, 6.07) is 7.33. The molecule has 0 saturated heterocycles. The first-order valence-corrected chi connectivity index (χ1v) is 7.42. The van der Waals surface area contributed by atoms with Gasteiger partial charge in [-0.05, 0) is 61.8 Å². The van der Waals surface area contributed by atoms with Crippen molar-refractivity contribution in [2.45, 2.75) is 52.5 Å². The largest absolute Gasteiger partial charge is 0.382 e. The molecule has 0 spiro atoms. The molecule has 0 amide bonds. The molecule has 0 heterocycles. The van der Waals surface area contributed by atoms with E-state index in [1.165, 1.54) is 42.6 Å². The van der Waals surface area contributed by atoms with E-state index >= 15 is 0 Å². The van der Waals surface area contributed by atoms with E-state index in [1.807, 2.05) is 0 Å². The van der Waals surface area contributed by atoms with Gasteiger partial charge < -0.3 is 10.2 Å². The Balaban J connectivity index is 2.00. The van der Waals surface area contributed by atoms with Crippen molar-refractivity contribution in [2.24, 2.45) is 5.41 Å². The number of aryl methyl sites for hydroxylation is 1. The molecule has 0 unspecified atom stereocenters. The van der Waals surface area contributed by atoms with E-state index < -0.39 is 0 Å². The lowest BCUT2D eigenvalue weighted by Crippen LogP contribution is -2.30. The molecule has 1 aromatic carbocycles. The summed E-state index contributed by atoms with van der Waals surface area (Å²) >= 11 is 0. The van der Waals surface area contributed by atoms with Crippen LogP contribution in [0.2, 0.25) is 0 Å². The Bertz CT molecular complexity index is 425. The van der Waals surface area contributed by atoms with Gasteiger partial charge in [0, 0.05) is 31.5 Å². The van der Waals surface area contributed by atoms with Crippen molar-refractivity contribution in [3.63, 3.8) is 0 Å². The van der Waals surface area contributed by atoms with Gasteiger partial charge in [-0.15, -0.1) is 0 Å². The minimum atomic E-state index is 0.544. The molecular formula is C17H28N2. The third-order valence-corrected chi connectivity index (χ3v) is 4.43. The van der Waals surface area contributed by atoms with Crippen molar-refractivity contribution in [1.82, 2.24) is 0 Å². The number of hydrogen-bond donors (Lipinski definition) is 1. The van der Waals surface area contributed by atoms with E-state index in [1.54, 1.807) is 0 Å². The fourth-order valence-corrected chi connectivity index (χ4v) is 2.85. The van der Waals surface area contributed by atoms with Crippen molar-refractivity contribution in [1.29, 1.82) is 0 Å². The van der Waals surface area contributed by atoms with Crippen molar-refractivity contribution in [3.05, 3.63) is 23.8 Å². The van der Waals surface area contributed by atoms with Crippen LogP contribution in [0.25, 0.3) is 0 Å². The van der Waals surface area contributed by atoms with Gasteiger partial charge in [-0.2, -0.15) is 0 Å². The molecule has 1 saturated carbocycles. The quantitative estimate of drug-likeness (QED) is 0.864. The number of hydrogen-bond acceptors (Lipinski definition) is 2. The van der Waals surface area contributed by atoms with E-state index in [2.05, 4.69) is 63.3 Å². The van der Waals surface area contributed by atoms with Crippen LogP contribution >= 0.6 is 0 Å². The number of nitrogens with one attached hydrogen (secondary N) is 1. The second-order valence-corrected chi connectivity index (χ2v) is 6.98. The summed E-state index contributed by atoms with van der Waals surface area (Å²) < 4.78 is 0. The Kier molecular flexibility index (Phi) is 4.07. The van der Waals surface area contributed by atoms with Crippen LogP contribution in [0, 0.1) is 12.3 Å². The SMILES string of the molecule is Cc1cc(N(C)C)ccc1NC1CCC(C)(C)CC1.